The summed E-state index contributed by atoms with van der Waals surface area (Å²) in [6.45, 7) is 0.302. The lowest BCUT2D eigenvalue weighted by Crippen LogP contribution is -2.42. The van der Waals surface area contributed by atoms with E-state index in [-0.39, 0.29) is 11.5 Å². The normalized spacial score (nSPS) is 17.4. The fourth-order valence-electron chi connectivity index (χ4n) is 2.57. The van der Waals surface area contributed by atoms with E-state index in [4.69, 9.17) is 5.73 Å². The Hall–Kier alpha value is -1.82. The maximum atomic E-state index is 12.1. The maximum Gasteiger partial charge on any atom is 0.270 e. The Morgan fingerprint density at radius 3 is 2.63 bits per heavy atom. The minimum atomic E-state index is -0.774. The number of carbonyl (C=O) groups is 2. The highest BCUT2D eigenvalue weighted by molar-refractivity contribution is 5.98. The van der Waals surface area contributed by atoms with Crippen molar-refractivity contribution < 1.29 is 14.7 Å². The van der Waals surface area contributed by atoms with Gasteiger partial charge in [-0.1, -0.05) is 12.8 Å². The average Bonchev–Trinajstić information content (AvgIpc) is 2.97. The van der Waals surface area contributed by atoms with Crippen LogP contribution in [0.15, 0.2) is 12.3 Å². The monoisotopic (exact) mass is 265 g/mol. The van der Waals surface area contributed by atoms with Gasteiger partial charge in [0, 0.05) is 19.8 Å². The molecule has 0 aliphatic heterocycles. The molecule has 6 nitrogen and oxygen atoms in total. The molecule has 1 aliphatic rings. The summed E-state index contributed by atoms with van der Waals surface area (Å²) in [5.41, 5.74) is 4.94. The zero-order valence-electron chi connectivity index (χ0n) is 11.0. The highest BCUT2D eigenvalue weighted by atomic mass is 16.3. The largest absolute Gasteiger partial charge is 0.388 e. The second-order valence-corrected chi connectivity index (χ2v) is 5.26. The fourth-order valence-corrected chi connectivity index (χ4v) is 2.57. The molecule has 1 heterocycles. The molecular weight excluding hydrogens is 246 g/mol. The van der Waals surface area contributed by atoms with E-state index in [9.17, 15) is 14.7 Å². The molecule has 2 amide bonds. The third kappa shape index (κ3) is 2.96. The van der Waals surface area contributed by atoms with Gasteiger partial charge in [0.2, 0.25) is 5.91 Å². The van der Waals surface area contributed by atoms with E-state index in [0.717, 1.165) is 25.7 Å². The first kappa shape index (κ1) is 13.6. The summed E-state index contributed by atoms with van der Waals surface area (Å²) in [7, 11) is 1.64. The van der Waals surface area contributed by atoms with Gasteiger partial charge in [-0.05, 0) is 18.9 Å². The topological polar surface area (TPSA) is 99.4 Å². The number of hydrogen-bond acceptors (Lipinski definition) is 3. The molecule has 0 unspecified atom stereocenters. The van der Waals surface area contributed by atoms with Gasteiger partial charge in [-0.15, -0.1) is 0 Å². The fraction of sp³-hybridized carbons (Fsp3) is 0.538. The second kappa shape index (κ2) is 5.05. The predicted molar refractivity (Wildman–Crippen MR) is 69.7 cm³/mol. The van der Waals surface area contributed by atoms with E-state index in [2.05, 4.69) is 4.98 Å². The molecule has 2 rings (SSSR count). The van der Waals surface area contributed by atoms with Gasteiger partial charge in [0.25, 0.3) is 5.91 Å². The van der Waals surface area contributed by atoms with Crippen molar-refractivity contribution in [3.8, 4) is 0 Å². The summed E-state index contributed by atoms with van der Waals surface area (Å²) < 4.78 is 0. The third-order valence-electron chi connectivity index (χ3n) is 3.61. The summed E-state index contributed by atoms with van der Waals surface area (Å²) in [6.07, 6.45) is 4.84. The zero-order valence-corrected chi connectivity index (χ0v) is 11.0. The van der Waals surface area contributed by atoms with Gasteiger partial charge in [-0.3, -0.25) is 9.59 Å². The lowest BCUT2D eigenvalue weighted by Gasteiger charge is -2.28. The number of aromatic nitrogens is 1. The van der Waals surface area contributed by atoms with Crippen LogP contribution in [0.4, 0.5) is 0 Å². The van der Waals surface area contributed by atoms with Crippen molar-refractivity contribution in [3.05, 3.63) is 23.5 Å². The van der Waals surface area contributed by atoms with Gasteiger partial charge >= 0.3 is 0 Å². The van der Waals surface area contributed by atoms with Crippen LogP contribution >= 0.6 is 0 Å². The number of likely N-dealkylation sites (N-methyl/N-ethyl adjacent to an activating group) is 1. The summed E-state index contributed by atoms with van der Waals surface area (Å²) in [6, 6.07) is 1.43. The number of aromatic amines is 1. The number of H-pyrrole nitrogens is 1. The van der Waals surface area contributed by atoms with Crippen LogP contribution in [0.25, 0.3) is 0 Å². The molecule has 19 heavy (non-hydrogen) atoms. The van der Waals surface area contributed by atoms with Crippen LogP contribution in [-0.2, 0) is 0 Å². The van der Waals surface area contributed by atoms with Gasteiger partial charge in [-0.25, -0.2) is 0 Å². The SMILES string of the molecule is CN(CC1(O)CCCC1)C(=O)c1cc(C(N)=O)c[nH]1. The molecule has 4 N–H and O–H groups in total. The van der Waals surface area contributed by atoms with Crippen LogP contribution in [0.3, 0.4) is 0 Å². The van der Waals surface area contributed by atoms with E-state index < -0.39 is 11.5 Å². The van der Waals surface area contributed by atoms with Crippen molar-refractivity contribution in [2.24, 2.45) is 5.73 Å². The van der Waals surface area contributed by atoms with E-state index in [0.29, 0.717) is 12.2 Å². The maximum absolute atomic E-state index is 12.1. The molecule has 6 heteroatoms. The first-order valence-electron chi connectivity index (χ1n) is 6.37. The predicted octanol–water partition coefficient (Wildman–Crippen LogP) is 0.491. The highest BCUT2D eigenvalue weighted by Gasteiger charge is 2.33. The molecule has 0 spiro atoms. The molecule has 1 aliphatic carbocycles. The lowest BCUT2D eigenvalue weighted by atomic mass is 10.0. The van der Waals surface area contributed by atoms with Gasteiger partial charge in [0.15, 0.2) is 0 Å². The molecular formula is C13H19N3O3. The van der Waals surface area contributed by atoms with Gasteiger partial charge < -0.3 is 20.7 Å². The number of nitrogens with one attached hydrogen (secondary N) is 1. The first-order valence-corrected chi connectivity index (χ1v) is 6.37. The standard InChI is InChI=1S/C13H19N3O3/c1-16(8-13(19)4-2-3-5-13)12(18)10-6-9(7-15-10)11(14)17/h6-7,15,19H,2-5,8H2,1H3,(H2,14,17). The number of amides is 2. The third-order valence-corrected chi connectivity index (χ3v) is 3.61. The van der Waals surface area contributed by atoms with Crippen molar-refractivity contribution >= 4 is 11.8 Å². The Labute approximate surface area is 111 Å². The van der Waals surface area contributed by atoms with Crippen molar-refractivity contribution in [2.75, 3.05) is 13.6 Å². The van der Waals surface area contributed by atoms with Crippen LogP contribution in [0.5, 0.6) is 0 Å². The molecule has 1 aromatic rings. The highest BCUT2D eigenvalue weighted by Crippen LogP contribution is 2.30. The Bertz CT molecular complexity index is 489. The number of primary amides is 1. The van der Waals surface area contributed by atoms with E-state index in [1.807, 2.05) is 0 Å². The molecule has 1 fully saturated rings. The molecule has 0 atom stereocenters. The number of aliphatic hydroxyl groups is 1. The van der Waals surface area contributed by atoms with E-state index in [1.165, 1.54) is 17.2 Å². The Balaban J connectivity index is 2.03. The Morgan fingerprint density at radius 2 is 2.11 bits per heavy atom. The molecule has 0 aromatic carbocycles. The van der Waals surface area contributed by atoms with Crippen molar-refractivity contribution in [1.82, 2.24) is 9.88 Å². The Morgan fingerprint density at radius 1 is 1.47 bits per heavy atom. The number of carbonyl (C=O) groups excluding carboxylic acids is 2. The molecule has 104 valence electrons. The lowest BCUT2D eigenvalue weighted by molar-refractivity contribution is 0.0155. The summed E-state index contributed by atoms with van der Waals surface area (Å²) in [5.74, 6) is -0.833. The summed E-state index contributed by atoms with van der Waals surface area (Å²) >= 11 is 0. The minimum absolute atomic E-state index is 0.257. The van der Waals surface area contributed by atoms with Crippen molar-refractivity contribution in [2.45, 2.75) is 31.3 Å². The molecule has 0 radical (unpaired) electrons. The van der Waals surface area contributed by atoms with Crippen LogP contribution in [0, 0.1) is 0 Å². The zero-order chi connectivity index (χ0) is 14.0. The summed E-state index contributed by atoms with van der Waals surface area (Å²) in [4.78, 5) is 27.3. The first-order chi connectivity index (χ1) is 8.91. The quantitative estimate of drug-likeness (QED) is 0.738. The van der Waals surface area contributed by atoms with Gasteiger partial charge in [-0.2, -0.15) is 0 Å². The minimum Gasteiger partial charge on any atom is -0.388 e. The molecule has 0 saturated heterocycles. The van der Waals surface area contributed by atoms with E-state index >= 15 is 0 Å². The summed E-state index contributed by atoms with van der Waals surface area (Å²) in [5, 5.41) is 10.3. The number of rotatable bonds is 4. The average molecular weight is 265 g/mol. The molecule has 1 aromatic heterocycles. The molecule has 0 bridgehead atoms. The van der Waals surface area contributed by atoms with Crippen molar-refractivity contribution in [1.29, 1.82) is 0 Å². The van der Waals surface area contributed by atoms with Crippen molar-refractivity contribution in [3.63, 3.8) is 0 Å². The van der Waals surface area contributed by atoms with Crippen LogP contribution in [-0.4, -0.2) is 46.0 Å². The van der Waals surface area contributed by atoms with Crippen LogP contribution in [0.2, 0.25) is 0 Å². The molecule has 1 saturated carbocycles. The van der Waals surface area contributed by atoms with E-state index in [1.54, 1.807) is 7.05 Å². The van der Waals surface area contributed by atoms with Crippen LogP contribution < -0.4 is 5.73 Å². The number of hydrogen-bond donors (Lipinski definition) is 3. The number of nitrogens with two attached hydrogens (primary N) is 1. The Kier molecular flexibility index (Phi) is 3.61. The second-order valence-electron chi connectivity index (χ2n) is 5.26. The van der Waals surface area contributed by atoms with Crippen LogP contribution in [0.1, 0.15) is 46.5 Å². The van der Waals surface area contributed by atoms with Gasteiger partial charge in [0.05, 0.1) is 11.2 Å². The van der Waals surface area contributed by atoms with Gasteiger partial charge in [0.1, 0.15) is 5.69 Å². The smallest absolute Gasteiger partial charge is 0.270 e. The number of nitrogens with zero attached hydrogens (tertiary/aromatic N) is 1.